The number of thioether (sulfide) groups is 4. The standard InChI is InChI=1S/C6H10N2S.2C5H8N2S.C4H6N2S.CH4/c1-3-9-6-7-4-5-8(6)2;1-7-4-3-6-5(7)8-2;1-2-8-5-6-3-4-7-5;1-7-4-5-2-3-6-4;/h4-5H,3H2,1-2H3;3-4H,1-2H3;3-4H,2H2,1H3,(H,6,7);2-3H,1H3,(H,5,6);1H4. The molecule has 4 heterocycles. The number of nitrogens with zero attached hydrogens (tertiary/aromatic N) is 6. The molecule has 0 spiro atoms. The van der Waals surface area contributed by atoms with E-state index in [2.05, 4.69) is 43.8 Å². The average Bonchev–Trinajstić information content (AvgIpc) is 3.60. The van der Waals surface area contributed by atoms with E-state index in [0.717, 1.165) is 32.1 Å². The smallest absolute Gasteiger partial charge is 0.167 e. The first-order valence-corrected chi connectivity index (χ1v) is 14.2. The Bertz CT molecular complexity index is 920. The average molecular weight is 529 g/mol. The lowest BCUT2D eigenvalue weighted by Crippen LogP contribution is -1.87. The van der Waals surface area contributed by atoms with Gasteiger partial charge in [-0.3, -0.25) is 0 Å². The number of aromatic nitrogens is 8. The number of rotatable bonds is 6. The van der Waals surface area contributed by atoms with Crippen LogP contribution in [-0.4, -0.2) is 63.1 Å². The van der Waals surface area contributed by atoms with Gasteiger partial charge in [0.15, 0.2) is 20.6 Å². The molecular weight excluding hydrogens is 493 g/mol. The molecule has 0 radical (unpaired) electrons. The Labute approximate surface area is 215 Å². The molecule has 4 aromatic heterocycles. The van der Waals surface area contributed by atoms with E-state index in [4.69, 9.17) is 0 Å². The van der Waals surface area contributed by atoms with Gasteiger partial charge in [0.25, 0.3) is 0 Å². The molecule has 0 fully saturated rings. The molecule has 184 valence electrons. The Hall–Kier alpha value is -1.76. The van der Waals surface area contributed by atoms with Crippen LogP contribution in [0.4, 0.5) is 0 Å². The van der Waals surface area contributed by atoms with E-state index in [1.54, 1.807) is 65.6 Å². The Kier molecular flexibility index (Phi) is 18.6. The van der Waals surface area contributed by atoms with E-state index < -0.39 is 0 Å². The Morgan fingerprint density at radius 1 is 0.697 bits per heavy atom. The van der Waals surface area contributed by atoms with Crippen molar-refractivity contribution < 1.29 is 0 Å². The maximum Gasteiger partial charge on any atom is 0.167 e. The fourth-order valence-corrected chi connectivity index (χ4v) is 4.08. The molecule has 0 aromatic carbocycles. The first kappa shape index (κ1) is 31.2. The van der Waals surface area contributed by atoms with Gasteiger partial charge in [0, 0.05) is 63.7 Å². The van der Waals surface area contributed by atoms with Crippen molar-refractivity contribution in [2.75, 3.05) is 24.0 Å². The summed E-state index contributed by atoms with van der Waals surface area (Å²) in [7, 11) is 3.99. The van der Waals surface area contributed by atoms with Crippen molar-refractivity contribution in [3.63, 3.8) is 0 Å². The number of aromatic amines is 2. The van der Waals surface area contributed by atoms with Crippen LogP contribution in [0.25, 0.3) is 0 Å². The SMILES string of the molecule is C.CCSc1ncc[nH]1.CCSc1nccn1C.CSc1ncc[nH]1.CSc1nccn1C. The van der Waals surface area contributed by atoms with Gasteiger partial charge in [-0.25, -0.2) is 19.9 Å². The van der Waals surface area contributed by atoms with Crippen LogP contribution in [-0.2, 0) is 14.1 Å². The molecule has 0 aliphatic heterocycles. The highest BCUT2D eigenvalue weighted by molar-refractivity contribution is 7.99. The third kappa shape index (κ3) is 13.5. The fourth-order valence-electron chi connectivity index (χ4n) is 2.00. The number of H-pyrrole nitrogens is 2. The quantitative estimate of drug-likeness (QED) is 0.296. The van der Waals surface area contributed by atoms with Crippen LogP contribution < -0.4 is 0 Å². The normalized spacial score (nSPS) is 9.39. The molecule has 0 aliphatic carbocycles. The van der Waals surface area contributed by atoms with Crippen LogP contribution in [0.15, 0.2) is 70.2 Å². The number of aryl methyl sites for hydroxylation is 2. The monoisotopic (exact) mass is 528 g/mol. The number of hydrogen-bond acceptors (Lipinski definition) is 8. The maximum absolute atomic E-state index is 4.13. The Morgan fingerprint density at radius 2 is 1.21 bits per heavy atom. The summed E-state index contributed by atoms with van der Waals surface area (Å²) in [6.07, 6.45) is 18.7. The minimum atomic E-state index is 0. The summed E-state index contributed by atoms with van der Waals surface area (Å²) in [6, 6.07) is 0. The molecule has 0 amide bonds. The first-order chi connectivity index (χ1) is 15.5. The second kappa shape index (κ2) is 19.7. The highest BCUT2D eigenvalue weighted by Gasteiger charge is 1.94. The second-order valence-corrected chi connectivity index (χ2v) is 9.76. The van der Waals surface area contributed by atoms with Crippen LogP contribution in [0.1, 0.15) is 21.3 Å². The predicted octanol–water partition coefficient (Wildman–Crippen LogP) is 5.96. The van der Waals surface area contributed by atoms with E-state index in [1.807, 2.05) is 66.7 Å². The van der Waals surface area contributed by atoms with E-state index in [-0.39, 0.29) is 7.43 Å². The van der Waals surface area contributed by atoms with E-state index >= 15 is 0 Å². The molecule has 33 heavy (non-hydrogen) atoms. The van der Waals surface area contributed by atoms with Crippen molar-refractivity contribution in [3.05, 3.63) is 49.6 Å². The molecule has 0 atom stereocenters. The Balaban J connectivity index is 0.000000411. The lowest BCUT2D eigenvalue weighted by molar-refractivity contribution is 0.790. The van der Waals surface area contributed by atoms with E-state index in [0.29, 0.717) is 0 Å². The predicted molar refractivity (Wildman–Crippen MR) is 147 cm³/mol. The van der Waals surface area contributed by atoms with Crippen LogP contribution in [0.2, 0.25) is 0 Å². The van der Waals surface area contributed by atoms with E-state index in [1.165, 1.54) is 0 Å². The highest BCUT2D eigenvalue weighted by Crippen LogP contribution is 2.12. The minimum Gasteiger partial charge on any atom is -0.340 e. The van der Waals surface area contributed by atoms with Gasteiger partial charge >= 0.3 is 0 Å². The van der Waals surface area contributed by atoms with E-state index in [9.17, 15) is 0 Å². The third-order valence-corrected chi connectivity index (χ3v) is 6.52. The lowest BCUT2D eigenvalue weighted by Gasteiger charge is -1.95. The molecule has 8 nitrogen and oxygen atoms in total. The summed E-state index contributed by atoms with van der Waals surface area (Å²) >= 11 is 6.74. The van der Waals surface area contributed by atoms with Gasteiger partial charge < -0.3 is 19.1 Å². The van der Waals surface area contributed by atoms with Crippen LogP contribution in [0.3, 0.4) is 0 Å². The molecule has 4 rings (SSSR count). The number of hydrogen-bond donors (Lipinski definition) is 2. The largest absolute Gasteiger partial charge is 0.340 e. The Morgan fingerprint density at radius 3 is 1.52 bits per heavy atom. The van der Waals surface area contributed by atoms with Crippen molar-refractivity contribution >= 4 is 47.0 Å². The molecule has 0 saturated heterocycles. The molecule has 0 saturated carbocycles. The van der Waals surface area contributed by atoms with Gasteiger partial charge in [-0.2, -0.15) is 0 Å². The summed E-state index contributed by atoms with van der Waals surface area (Å²) in [6.45, 7) is 4.23. The van der Waals surface area contributed by atoms with Crippen LogP contribution in [0.5, 0.6) is 0 Å². The topological polar surface area (TPSA) is 93.0 Å². The maximum atomic E-state index is 4.13. The van der Waals surface area contributed by atoms with Gasteiger partial charge in [-0.1, -0.05) is 68.3 Å². The van der Waals surface area contributed by atoms with Crippen molar-refractivity contribution in [2.45, 2.75) is 41.9 Å². The fraction of sp³-hybridized carbons (Fsp3) is 0.429. The molecule has 0 unspecified atom stereocenters. The zero-order valence-corrected chi connectivity index (χ0v) is 22.6. The molecule has 2 N–H and O–H groups in total. The van der Waals surface area contributed by atoms with Crippen molar-refractivity contribution in [1.82, 2.24) is 39.0 Å². The van der Waals surface area contributed by atoms with Gasteiger partial charge in [-0.15, -0.1) is 0 Å². The number of imidazole rings is 4. The van der Waals surface area contributed by atoms with Crippen molar-refractivity contribution in [3.8, 4) is 0 Å². The zero-order chi connectivity index (χ0) is 23.6. The molecule has 12 heteroatoms. The lowest BCUT2D eigenvalue weighted by atomic mass is 10.9. The van der Waals surface area contributed by atoms with Crippen molar-refractivity contribution in [2.24, 2.45) is 14.1 Å². The van der Waals surface area contributed by atoms with Gasteiger partial charge in [0.1, 0.15) is 0 Å². The first-order valence-electron chi connectivity index (χ1n) is 9.82. The molecular formula is C21H36N8S4. The minimum absolute atomic E-state index is 0. The molecule has 0 bridgehead atoms. The van der Waals surface area contributed by atoms with Gasteiger partial charge in [0.05, 0.1) is 0 Å². The van der Waals surface area contributed by atoms with Gasteiger partial charge in [-0.05, 0) is 24.0 Å². The van der Waals surface area contributed by atoms with Crippen LogP contribution >= 0.6 is 47.0 Å². The summed E-state index contributed by atoms with van der Waals surface area (Å²) in [5.41, 5.74) is 0. The highest BCUT2D eigenvalue weighted by atomic mass is 32.2. The third-order valence-electron chi connectivity index (χ3n) is 3.43. The summed E-state index contributed by atoms with van der Waals surface area (Å²) in [4.78, 5) is 22.1. The van der Waals surface area contributed by atoms with Crippen LogP contribution in [0, 0.1) is 0 Å². The molecule has 0 aliphatic rings. The second-order valence-electron chi connectivity index (χ2n) is 5.70. The molecule has 4 aromatic rings. The summed E-state index contributed by atoms with van der Waals surface area (Å²) in [5, 5.41) is 4.13. The van der Waals surface area contributed by atoms with Crippen molar-refractivity contribution in [1.29, 1.82) is 0 Å². The zero-order valence-electron chi connectivity index (χ0n) is 19.3. The summed E-state index contributed by atoms with van der Waals surface area (Å²) < 4.78 is 4.01. The summed E-state index contributed by atoms with van der Waals surface area (Å²) in [5.74, 6) is 2.17. The van der Waals surface area contributed by atoms with Gasteiger partial charge in [0.2, 0.25) is 0 Å². The number of nitrogens with one attached hydrogen (secondary N) is 2.